The first-order chi connectivity index (χ1) is 23.5. The van der Waals surface area contributed by atoms with E-state index in [9.17, 15) is 0 Å². The average Bonchev–Trinajstić information content (AvgIpc) is 3.78. The Kier molecular flexibility index (Phi) is 7.80. The van der Waals surface area contributed by atoms with Crippen LogP contribution < -0.4 is 0 Å². The molecule has 0 saturated carbocycles. The smallest absolute Gasteiger partial charge is 0.0524 e. The minimum Gasteiger partial charge on any atom is -0.350 e. The van der Waals surface area contributed by atoms with Gasteiger partial charge in [-0.25, -0.2) is 0 Å². The largest absolute Gasteiger partial charge is 0.350 e. The predicted molar refractivity (Wildman–Crippen MR) is 203 cm³/mol. The van der Waals surface area contributed by atoms with Crippen LogP contribution in [0.3, 0.4) is 0 Å². The first kappa shape index (κ1) is 31.3. The van der Waals surface area contributed by atoms with E-state index in [0.29, 0.717) is 0 Å². The number of hydrogen-bond donors (Lipinski definition) is 0. The molecule has 3 nitrogen and oxygen atoms in total. The van der Waals surface area contributed by atoms with Gasteiger partial charge in [-0.15, -0.1) is 71.0 Å². The summed E-state index contributed by atoms with van der Waals surface area (Å²) in [6.07, 6.45) is 3.64. The Balaban J connectivity index is 0.000000228. The number of para-hydroxylation sites is 1. The molecule has 0 fully saturated rings. The van der Waals surface area contributed by atoms with E-state index in [2.05, 4.69) is 114 Å². The van der Waals surface area contributed by atoms with Gasteiger partial charge in [-0.05, 0) is 69.7 Å². The molecule has 0 saturated heterocycles. The summed E-state index contributed by atoms with van der Waals surface area (Å²) in [6, 6.07) is 49.1. The molecule has 5 heteroatoms. The molecule has 0 aliphatic heterocycles. The van der Waals surface area contributed by atoms with Crippen LogP contribution in [0.25, 0.3) is 80.8 Å². The fourth-order valence-corrected chi connectivity index (χ4v) is 8.11. The van der Waals surface area contributed by atoms with Crippen LogP contribution in [0, 0.1) is 12.1 Å². The number of thiophene rings is 1. The summed E-state index contributed by atoms with van der Waals surface area (Å²) in [4.78, 5) is 8.80. The summed E-state index contributed by atoms with van der Waals surface area (Å²) < 4.78 is 5.15. The number of pyridine rings is 2. The van der Waals surface area contributed by atoms with Gasteiger partial charge >= 0.3 is 0 Å². The Morgan fingerprint density at radius 3 is 2.04 bits per heavy atom. The Bertz CT molecular complexity index is 2710. The van der Waals surface area contributed by atoms with Crippen LogP contribution in [0.5, 0.6) is 0 Å². The number of fused-ring (bicyclic) bond motifs is 10. The van der Waals surface area contributed by atoms with Crippen LogP contribution in [-0.2, 0) is 25.5 Å². The molecule has 10 aromatic rings. The van der Waals surface area contributed by atoms with Crippen molar-refractivity contribution >= 4 is 69.6 Å². The predicted octanol–water partition coefficient (Wildman–Crippen LogP) is 11.9. The van der Waals surface area contributed by atoms with E-state index in [1.54, 1.807) is 6.20 Å². The van der Waals surface area contributed by atoms with Gasteiger partial charge < -0.3 is 14.4 Å². The minimum atomic E-state index is 0. The van der Waals surface area contributed by atoms with Gasteiger partial charge in [-0.2, -0.15) is 0 Å². The second-order valence-corrected chi connectivity index (χ2v) is 14.4. The third-order valence-corrected chi connectivity index (χ3v) is 10.4. The van der Waals surface area contributed by atoms with Crippen molar-refractivity contribution in [2.24, 2.45) is 0 Å². The third-order valence-electron chi connectivity index (χ3n) is 9.29. The molecule has 10 rings (SSSR count). The molecular weight excluding hydrogens is 795 g/mol. The van der Waals surface area contributed by atoms with E-state index in [1.807, 2.05) is 72.1 Å². The molecule has 0 amide bonds. The van der Waals surface area contributed by atoms with Crippen molar-refractivity contribution < 1.29 is 20.1 Å². The molecule has 0 aliphatic rings. The first-order valence-corrected chi connectivity index (χ1v) is 17.1. The topological polar surface area (TPSA) is 30.2 Å². The molecule has 49 heavy (non-hydrogen) atoms. The van der Waals surface area contributed by atoms with Gasteiger partial charge in [0.25, 0.3) is 0 Å². The molecule has 5 aromatic carbocycles. The first-order valence-electron chi connectivity index (χ1n) is 16.2. The van der Waals surface area contributed by atoms with Crippen molar-refractivity contribution in [3.8, 4) is 22.5 Å². The fourth-order valence-electron chi connectivity index (χ4n) is 6.97. The molecule has 0 aliphatic carbocycles. The van der Waals surface area contributed by atoms with Crippen molar-refractivity contribution in [1.29, 1.82) is 0 Å². The molecule has 5 aromatic heterocycles. The molecular formula is C44H31IrN3S-2. The van der Waals surface area contributed by atoms with Gasteiger partial charge in [-0.3, -0.25) is 0 Å². The second kappa shape index (κ2) is 12.2. The van der Waals surface area contributed by atoms with Gasteiger partial charge in [0.1, 0.15) is 0 Å². The van der Waals surface area contributed by atoms with Crippen molar-refractivity contribution in [2.75, 3.05) is 0 Å². The van der Waals surface area contributed by atoms with Crippen molar-refractivity contribution in [3.05, 3.63) is 151 Å². The van der Waals surface area contributed by atoms with Crippen LogP contribution in [0.15, 0.2) is 134 Å². The summed E-state index contributed by atoms with van der Waals surface area (Å²) in [5, 5.41) is 8.00. The van der Waals surface area contributed by atoms with Gasteiger partial charge in [0.15, 0.2) is 0 Å². The number of rotatable bonds is 2. The molecule has 0 spiro atoms. The van der Waals surface area contributed by atoms with Crippen molar-refractivity contribution in [2.45, 2.75) is 26.2 Å². The monoisotopic (exact) mass is 826 g/mol. The fraction of sp³-hybridized carbons (Fsp3) is 0.0909. The van der Waals surface area contributed by atoms with E-state index in [4.69, 9.17) is 0 Å². The Morgan fingerprint density at radius 2 is 1.33 bits per heavy atom. The van der Waals surface area contributed by atoms with Crippen LogP contribution in [0.4, 0.5) is 0 Å². The maximum atomic E-state index is 4.58. The number of nitrogens with zero attached hydrogens (tertiary/aromatic N) is 3. The third kappa shape index (κ3) is 5.21. The average molecular weight is 826 g/mol. The van der Waals surface area contributed by atoms with Gasteiger partial charge in [0.2, 0.25) is 0 Å². The molecule has 0 bridgehead atoms. The zero-order valence-corrected chi connectivity index (χ0v) is 30.5. The molecule has 239 valence electrons. The molecule has 0 atom stereocenters. The zero-order chi connectivity index (χ0) is 32.4. The van der Waals surface area contributed by atoms with E-state index in [0.717, 1.165) is 22.5 Å². The van der Waals surface area contributed by atoms with Crippen molar-refractivity contribution in [1.82, 2.24) is 14.4 Å². The van der Waals surface area contributed by atoms with Crippen LogP contribution >= 0.6 is 11.3 Å². The van der Waals surface area contributed by atoms with Gasteiger partial charge in [-0.1, -0.05) is 74.7 Å². The Morgan fingerprint density at radius 1 is 0.592 bits per heavy atom. The molecule has 0 unspecified atom stereocenters. The second-order valence-electron chi connectivity index (χ2n) is 13.3. The quantitative estimate of drug-likeness (QED) is 0.163. The van der Waals surface area contributed by atoms with Crippen LogP contribution in [0.1, 0.15) is 26.3 Å². The van der Waals surface area contributed by atoms with E-state index in [-0.39, 0.29) is 25.5 Å². The standard InChI is InChI=1S/C33H23N2S.C11H8N.Ir/c1-33(2,3)20-12-14-28-24(17-20)30-29(36-28)18-23-22-16-19(25-9-6-7-15-34-25)11-13-27(22)35-26-10-5-4-8-21(26)31(30)32(23)35;1-2-6-10(7-3-1)11-8-4-5-9-12-11;/h4-10,12-18H,1-3H3;1-6,8-9H;/q2*-1;. The summed E-state index contributed by atoms with van der Waals surface area (Å²) in [5.41, 5.74) is 9.25. The van der Waals surface area contributed by atoms with Crippen LogP contribution in [0.2, 0.25) is 0 Å². The van der Waals surface area contributed by atoms with Crippen molar-refractivity contribution in [3.63, 3.8) is 0 Å². The maximum absolute atomic E-state index is 4.58. The Hall–Kier alpha value is -4.93. The zero-order valence-electron chi connectivity index (χ0n) is 27.3. The summed E-state index contributed by atoms with van der Waals surface area (Å²) in [7, 11) is 0. The van der Waals surface area contributed by atoms with Crippen LogP contribution in [-0.4, -0.2) is 14.4 Å². The molecule has 5 heterocycles. The summed E-state index contributed by atoms with van der Waals surface area (Å²) in [6.45, 7) is 6.88. The number of hydrogen-bond acceptors (Lipinski definition) is 3. The van der Waals surface area contributed by atoms with E-state index >= 15 is 0 Å². The minimum absolute atomic E-state index is 0. The molecule has 0 N–H and O–H groups in total. The normalized spacial score (nSPS) is 11.8. The SMILES string of the molecule is CC(C)(C)c1ccc2sc3cc4c5cc(-c6ccccn6)[c-]cc5n5c6ccccc6c(c3c2c1)c45.[Ir].[c-]1ccccc1-c1ccccn1. The van der Waals surface area contributed by atoms with Gasteiger partial charge in [0, 0.05) is 69.0 Å². The number of aromatic nitrogens is 3. The van der Waals surface area contributed by atoms with E-state index < -0.39 is 0 Å². The number of benzene rings is 5. The van der Waals surface area contributed by atoms with Gasteiger partial charge in [0.05, 0.1) is 5.52 Å². The molecule has 1 radical (unpaired) electrons. The van der Waals surface area contributed by atoms with E-state index in [1.165, 1.54) is 63.8 Å². The summed E-state index contributed by atoms with van der Waals surface area (Å²) >= 11 is 1.91. The maximum Gasteiger partial charge on any atom is 0.0524 e. The summed E-state index contributed by atoms with van der Waals surface area (Å²) in [5.74, 6) is 0. The Labute approximate surface area is 302 Å².